The third-order valence-electron chi connectivity index (χ3n) is 3.80. The molecule has 0 spiro atoms. The van der Waals surface area contributed by atoms with Gasteiger partial charge in [0.2, 0.25) is 5.91 Å². The molecule has 0 aliphatic carbocycles. The number of nitrogens with zero attached hydrogens (tertiary/aromatic N) is 1. The minimum absolute atomic E-state index is 0.0507. The Kier molecular flexibility index (Phi) is 6.40. The van der Waals surface area contributed by atoms with Gasteiger partial charge in [-0.15, -0.1) is 0 Å². The number of thioether (sulfide) groups is 1. The van der Waals surface area contributed by atoms with Crippen LogP contribution in [-0.2, 0) is 4.79 Å². The standard InChI is InChI=1S/C16H23ClN2OS/c1-3-4-8-14-16(20)19(9-10-21-2)15(18-14)12-6-5-7-13(17)11-12/h5-7,11,14-15,18H,3-4,8-10H2,1-2H3. The molecule has 1 fully saturated rings. The highest BCUT2D eigenvalue weighted by molar-refractivity contribution is 7.98. The van der Waals surface area contributed by atoms with E-state index in [0.717, 1.165) is 37.1 Å². The van der Waals surface area contributed by atoms with Crippen LogP contribution in [0.2, 0.25) is 5.02 Å². The van der Waals surface area contributed by atoms with Gasteiger partial charge in [0.1, 0.15) is 6.17 Å². The minimum Gasteiger partial charge on any atom is -0.321 e. The molecule has 1 aliphatic rings. The monoisotopic (exact) mass is 326 g/mol. The quantitative estimate of drug-likeness (QED) is 0.829. The first-order valence-electron chi connectivity index (χ1n) is 7.48. The van der Waals surface area contributed by atoms with E-state index in [-0.39, 0.29) is 18.1 Å². The Morgan fingerprint density at radius 3 is 2.90 bits per heavy atom. The van der Waals surface area contributed by atoms with Crippen molar-refractivity contribution < 1.29 is 4.79 Å². The topological polar surface area (TPSA) is 32.3 Å². The molecule has 2 rings (SSSR count). The van der Waals surface area contributed by atoms with E-state index in [1.54, 1.807) is 11.8 Å². The molecule has 21 heavy (non-hydrogen) atoms. The van der Waals surface area contributed by atoms with Gasteiger partial charge in [0, 0.05) is 17.3 Å². The first kappa shape index (κ1) is 16.7. The maximum atomic E-state index is 12.6. The Morgan fingerprint density at radius 1 is 1.43 bits per heavy atom. The third-order valence-corrected chi connectivity index (χ3v) is 4.62. The number of carbonyl (C=O) groups is 1. The Labute approximate surface area is 136 Å². The summed E-state index contributed by atoms with van der Waals surface area (Å²) in [6.45, 7) is 2.92. The van der Waals surface area contributed by atoms with Gasteiger partial charge < -0.3 is 4.90 Å². The van der Waals surface area contributed by atoms with Crippen LogP contribution in [0.15, 0.2) is 24.3 Å². The maximum absolute atomic E-state index is 12.6. The Balaban J connectivity index is 2.17. The van der Waals surface area contributed by atoms with Gasteiger partial charge in [-0.1, -0.05) is 43.5 Å². The fourth-order valence-electron chi connectivity index (χ4n) is 2.68. The van der Waals surface area contributed by atoms with Gasteiger partial charge in [0.05, 0.1) is 6.04 Å². The molecular formula is C16H23ClN2OS. The van der Waals surface area contributed by atoms with E-state index < -0.39 is 0 Å². The highest BCUT2D eigenvalue weighted by Gasteiger charge is 2.38. The highest BCUT2D eigenvalue weighted by Crippen LogP contribution is 2.28. The summed E-state index contributed by atoms with van der Waals surface area (Å²) in [7, 11) is 0. The normalized spacial score (nSPS) is 22.0. The largest absolute Gasteiger partial charge is 0.321 e. The number of halogens is 1. The first-order chi connectivity index (χ1) is 10.2. The number of nitrogens with one attached hydrogen (secondary N) is 1. The minimum atomic E-state index is -0.0595. The molecule has 1 saturated heterocycles. The van der Waals surface area contributed by atoms with Crippen LogP contribution >= 0.6 is 23.4 Å². The summed E-state index contributed by atoms with van der Waals surface area (Å²) >= 11 is 7.86. The molecule has 2 atom stereocenters. The zero-order valence-electron chi connectivity index (χ0n) is 12.6. The van der Waals surface area contributed by atoms with Crippen LogP contribution in [0.3, 0.4) is 0 Å². The van der Waals surface area contributed by atoms with Crippen LogP contribution < -0.4 is 5.32 Å². The number of unbranched alkanes of at least 4 members (excludes halogenated alkanes) is 1. The molecule has 116 valence electrons. The van der Waals surface area contributed by atoms with Gasteiger partial charge >= 0.3 is 0 Å². The predicted molar refractivity (Wildman–Crippen MR) is 90.7 cm³/mol. The van der Waals surface area contributed by atoms with E-state index in [1.807, 2.05) is 29.2 Å². The number of amides is 1. The molecule has 5 heteroatoms. The molecule has 0 aromatic heterocycles. The number of hydrogen-bond donors (Lipinski definition) is 1. The van der Waals surface area contributed by atoms with Crippen LogP contribution in [0.5, 0.6) is 0 Å². The van der Waals surface area contributed by atoms with Gasteiger partial charge in [-0.05, 0) is 30.4 Å². The summed E-state index contributed by atoms with van der Waals surface area (Å²) in [5, 5.41) is 4.20. The zero-order chi connectivity index (χ0) is 15.2. The molecule has 0 bridgehead atoms. The summed E-state index contributed by atoms with van der Waals surface area (Å²) in [5.74, 6) is 1.17. The van der Waals surface area contributed by atoms with Crippen molar-refractivity contribution in [2.24, 2.45) is 0 Å². The molecule has 1 aliphatic heterocycles. The fourth-order valence-corrected chi connectivity index (χ4v) is 3.25. The summed E-state index contributed by atoms with van der Waals surface area (Å²) in [6, 6.07) is 7.72. The molecule has 3 nitrogen and oxygen atoms in total. The second-order valence-corrected chi connectivity index (χ2v) is 6.77. The summed E-state index contributed by atoms with van der Waals surface area (Å²) in [5.41, 5.74) is 1.07. The molecule has 0 radical (unpaired) electrons. The Bertz CT molecular complexity index is 483. The van der Waals surface area contributed by atoms with Crippen molar-refractivity contribution in [2.45, 2.75) is 38.4 Å². The van der Waals surface area contributed by atoms with Crippen molar-refractivity contribution in [3.8, 4) is 0 Å². The first-order valence-corrected chi connectivity index (χ1v) is 9.25. The summed E-state index contributed by atoms with van der Waals surface area (Å²) in [6.07, 6.45) is 5.10. The SMILES string of the molecule is CCCCC1NC(c2cccc(Cl)c2)N(CCSC)C1=O. The average molecular weight is 327 g/mol. The summed E-state index contributed by atoms with van der Waals surface area (Å²) < 4.78 is 0. The van der Waals surface area contributed by atoms with E-state index in [0.29, 0.717) is 5.02 Å². The average Bonchev–Trinajstić information content (AvgIpc) is 2.79. The lowest BCUT2D eigenvalue weighted by Gasteiger charge is -2.24. The van der Waals surface area contributed by atoms with Crippen LogP contribution in [0.4, 0.5) is 0 Å². The Morgan fingerprint density at radius 2 is 2.24 bits per heavy atom. The van der Waals surface area contributed by atoms with Crippen LogP contribution in [0.25, 0.3) is 0 Å². The smallest absolute Gasteiger partial charge is 0.241 e. The third kappa shape index (κ3) is 4.15. The lowest BCUT2D eigenvalue weighted by Crippen LogP contribution is -2.33. The fraction of sp³-hybridized carbons (Fsp3) is 0.562. The lowest BCUT2D eigenvalue weighted by molar-refractivity contribution is -0.130. The molecule has 1 heterocycles. The Hall–Kier alpha value is -0.710. The second kappa shape index (κ2) is 8.06. The van der Waals surface area contributed by atoms with E-state index >= 15 is 0 Å². The molecule has 1 aromatic carbocycles. The van der Waals surface area contributed by atoms with Crippen LogP contribution in [-0.4, -0.2) is 35.4 Å². The van der Waals surface area contributed by atoms with Gasteiger partial charge in [0.25, 0.3) is 0 Å². The van der Waals surface area contributed by atoms with Crippen molar-refractivity contribution in [2.75, 3.05) is 18.6 Å². The molecule has 2 unspecified atom stereocenters. The van der Waals surface area contributed by atoms with Crippen LogP contribution in [0.1, 0.15) is 37.9 Å². The highest BCUT2D eigenvalue weighted by atomic mass is 35.5. The van der Waals surface area contributed by atoms with E-state index in [1.165, 1.54) is 0 Å². The predicted octanol–water partition coefficient (Wildman–Crippen LogP) is 3.69. The number of rotatable bonds is 7. The number of hydrogen-bond acceptors (Lipinski definition) is 3. The molecule has 1 N–H and O–H groups in total. The van der Waals surface area contributed by atoms with Crippen LogP contribution in [0, 0.1) is 0 Å². The molecule has 1 amide bonds. The van der Waals surface area contributed by atoms with Crippen molar-refractivity contribution >= 4 is 29.3 Å². The van der Waals surface area contributed by atoms with Gasteiger partial charge in [-0.25, -0.2) is 0 Å². The van der Waals surface area contributed by atoms with Crippen molar-refractivity contribution in [1.29, 1.82) is 0 Å². The van der Waals surface area contributed by atoms with Crippen molar-refractivity contribution in [3.63, 3.8) is 0 Å². The summed E-state index contributed by atoms with van der Waals surface area (Å²) in [4.78, 5) is 14.6. The van der Waals surface area contributed by atoms with Crippen molar-refractivity contribution in [1.82, 2.24) is 10.2 Å². The molecular weight excluding hydrogens is 304 g/mol. The zero-order valence-corrected chi connectivity index (χ0v) is 14.2. The van der Waals surface area contributed by atoms with E-state index in [9.17, 15) is 4.79 Å². The van der Waals surface area contributed by atoms with Gasteiger partial charge in [0.15, 0.2) is 0 Å². The second-order valence-electron chi connectivity index (χ2n) is 5.34. The van der Waals surface area contributed by atoms with Gasteiger partial charge in [-0.2, -0.15) is 11.8 Å². The molecule has 0 saturated carbocycles. The van der Waals surface area contributed by atoms with Crippen molar-refractivity contribution in [3.05, 3.63) is 34.9 Å². The molecule has 1 aromatic rings. The maximum Gasteiger partial charge on any atom is 0.241 e. The number of carbonyl (C=O) groups excluding carboxylic acids is 1. The van der Waals surface area contributed by atoms with E-state index in [4.69, 9.17) is 11.6 Å². The van der Waals surface area contributed by atoms with E-state index in [2.05, 4.69) is 18.5 Å². The van der Waals surface area contributed by atoms with Gasteiger partial charge in [-0.3, -0.25) is 10.1 Å². The number of benzene rings is 1. The lowest BCUT2D eigenvalue weighted by atomic mass is 10.1.